The van der Waals surface area contributed by atoms with E-state index in [9.17, 15) is 0 Å². The summed E-state index contributed by atoms with van der Waals surface area (Å²) in [6.45, 7) is 1.94. The maximum Gasteiger partial charge on any atom is 0.217 e. The van der Waals surface area contributed by atoms with Gasteiger partial charge in [-0.2, -0.15) is 0 Å². The fraction of sp³-hybridized carbons (Fsp3) is 0.667. The van der Waals surface area contributed by atoms with Gasteiger partial charge in [0.15, 0.2) is 0 Å². The van der Waals surface area contributed by atoms with Crippen molar-refractivity contribution in [2.75, 3.05) is 5.75 Å². The fourth-order valence-electron chi connectivity index (χ4n) is 0.123. The van der Waals surface area contributed by atoms with Crippen LogP contribution in [0.3, 0.4) is 0 Å². The van der Waals surface area contributed by atoms with Crippen LogP contribution in [0.1, 0.15) is 6.92 Å². The van der Waals surface area contributed by atoms with Gasteiger partial charge in [0.25, 0.3) is 0 Å². The summed E-state index contributed by atoms with van der Waals surface area (Å²) in [6, 6.07) is 0. The quantitative estimate of drug-likeness (QED) is 0.461. The predicted molar refractivity (Wildman–Crippen MR) is 39.1 cm³/mol. The molecule has 0 spiro atoms. The van der Waals surface area contributed by atoms with Gasteiger partial charge >= 0.3 is 0 Å². The van der Waals surface area contributed by atoms with Crippen LogP contribution in [0, 0.1) is 0 Å². The average Bonchev–Trinajstić information content (AvgIpc) is 1.35. The Morgan fingerprint density at radius 3 is 2.29 bits per heavy atom. The molecule has 0 unspecified atom stereocenters. The van der Waals surface area contributed by atoms with Gasteiger partial charge in [-0.25, -0.2) is 0 Å². The molecule has 0 fully saturated rings. The summed E-state index contributed by atoms with van der Waals surface area (Å²) < 4.78 is 0.0394. The van der Waals surface area contributed by atoms with Gasteiger partial charge in [0.05, 0.1) is 0 Å². The molecule has 0 saturated heterocycles. The molecule has 0 aromatic carbocycles. The van der Waals surface area contributed by atoms with E-state index < -0.39 is 0 Å². The summed E-state index contributed by atoms with van der Waals surface area (Å²) in [4.78, 5) is 0. The molecule has 7 heavy (non-hydrogen) atoms. The van der Waals surface area contributed by atoms with Gasteiger partial charge in [-0.1, -0.05) is 18.7 Å². The van der Waals surface area contributed by atoms with Crippen LogP contribution in [0.25, 0.3) is 0 Å². The molecule has 0 rings (SSSR count). The van der Waals surface area contributed by atoms with Crippen molar-refractivity contribution < 1.29 is 5.11 Å². The Morgan fingerprint density at radius 2 is 2.29 bits per heavy atom. The number of rotatable bonds is 1. The third-order valence-electron chi connectivity index (χ3n) is 0.268. The molecule has 0 saturated carbocycles. The second-order valence-electron chi connectivity index (χ2n) is 0.699. The maximum absolute atomic E-state index is 8.25. The Morgan fingerprint density at radius 1 is 1.86 bits per heavy atom. The summed E-state index contributed by atoms with van der Waals surface area (Å²) in [5.41, 5.74) is 0. The molecule has 37 valence electrons. The molecule has 4 heteroatoms. The van der Waals surface area contributed by atoms with Crippen LogP contribution in [-0.2, 0) is 0 Å². The van der Waals surface area contributed by atoms with Gasteiger partial charge in [0.1, 0.15) is 0 Å². The van der Waals surface area contributed by atoms with Crippen molar-refractivity contribution in [2.45, 2.75) is 6.92 Å². The second kappa shape index (κ2) is 7.88. The zero-order chi connectivity index (χ0) is 4.99. The first-order valence-corrected chi connectivity index (χ1v) is 3.02. The predicted octanol–water partition coefficient (Wildman–Crippen LogP) is 1.20. The molecule has 0 aromatic rings. The Bertz CT molecular complexity index is 56.9. The first kappa shape index (κ1) is 11.6. The fourth-order valence-corrected chi connectivity index (χ4v) is 0.724. The number of aliphatic hydroxyl groups is 1. The number of aliphatic hydroxyl groups excluding tert-OH is 1. The molecule has 0 aliphatic rings. The Balaban J connectivity index is 0. The first-order valence-electron chi connectivity index (χ1n) is 1.63. The van der Waals surface area contributed by atoms with E-state index in [1.54, 1.807) is 0 Å². The van der Waals surface area contributed by atoms with Crippen molar-refractivity contribution in [3.8, 4) is 0 Å². The van der Waals surface area contributed by atoms with E-state index in [4.69, 9.17) is 5.11 Å². The van der Waals surface area contributed by atoms with Crippen LogP contribution in [0.5, 0.6) is 0 Å². The van der Waals surface area contributed by atoms with E-state index >= 15 is 0 Å². The van der Waals surface area contributed by atoms with Crippen molar-refractivity contribution in [2.24, 2.45) is 0 Å². The minimum atomic E-state index is 0. The molecule has 1 N–H and O–H groups in total. The minimum Gasteiger partial charge on any atom is -0.494 e. The van der Waals surface area contributed by atoms with Crippen molar-refractivity contribution in [3.05, 3.63) is 0 Å². The maximum atomic E-state index is 8.25. The third-order valence-corrected chi connectivity index (χ3v) is 1.16. The number of thioether (sulfide) groups is 1. The molecule has 0 aliphatic carbocycles. The van der Waals surface area contributed by atoms with Gasteiger partial charge in [-0.15, -0.1) is 0 Å². The van der Waals surface area contributed by atoms with Crippen molar-refractivity contribution in [1.29, 1.82) is 0 Å². The molecule has 1 radical (unpaired) electrons. The molecule has 0 aromatic heterocycles. The van der Waals surface area contributed by atoms with E-state index in [1.807, 2.05) is 6.92 Å². The Kier molecular flexibility index (Phi) is 13.1. The van der Waals surface area contributed by atoms with Crippen LogP contribution < -0.4 is 0 Å². The summed E-state index contributed by atoms with van der Waals surface area (Å²) in [5, 5.41) is 8.25. The summed E-state index contributed by atoms with van der Waals surface area (Å²) in [5.74, 6) is 0.856. The Labute approximate surface area is 95.7 Å². The SMILES string of the molecule is CCSC(O)=S.[K]. The molecule has 0 atom stereocenters. The van der Waals surface area contributed by atoms with Crippen LogP contribution in [-0.4, -0.2) is 66.6 Å². The van der Waals surface area contributed by atoms with Crippen molar-refractivity contribution >= 4 is 79.7 Å². The molecular weight excluding hydrogens is 155 g/mol. The van der Waals surface area contributed by atoms with E-state index in [2.05, 4.69) is 12.2 Å². The monoisotopic (exact) mass is 161 g/mol. The average molecular weight is 161 g/mol. The molecule has 0 amide bonds. The van der Waals surface area contributed by atoms with Gasteiger partial charge in [-0.3, -0.25) is 0 Å². The van der Waals surface area contributed by atoms with Crippen LogP contribution in [0.2, 0.25) is 0 Å². The summed E-state index contributed by atoms with van der Waals surface area (Å²) in [6.07, 6.45) is 0. The van der Waals surface area contributed by atoms with E-state index in [-0.39, 0.29) is 55.8 Å². The van der Waals surface area contributed by atoms with Crippen LogP contribution in [0.15, 0.2) is 0 Å². The standard InChI is InChI=1S/C3H6OS2.K/c1-2-6-3(4)5;/h2H2,1H3,(H,4,5);. The number of hydrogen-bond donors (Lipinski definition) is 1. The molecule has 0 heterocycles. The van der Waals surface area contributed by atoms with Crippen LogP contribution in [0.4, 0.5) is 0 Å². The zero-order valence-corrected chi connectivity index (χ0v) is 9.23. The summed E-state index contributed by atoms with van der Waals surface area (Å²) >= 11 is 5.59. The first-order chi connectivity index (χ1) is 2.77. The number of thiocarbonyl (C=S) groups is 1. The van der Waals surface area contributed by atoms with Crippen molar-refractivity contribution in [1.82, 2.24) is 0 Å². The van der Waals surface area contributed by atoms with E-state index in [1.165, 1.54) is 11.8 Å². The van der Waals surface area contributed by atoms with Gasteiger partial charge < -0.3 is 5.11 Å². The van der Waals surface area contributed by atoms with Crippen molar-refractivity contribution in [3.63, 3.8) is 0 Å². The second-order valence-corrected chi connectivity index (χ2v) is 2.60. The van der Waals surface area contributed by atoms with Crippen LogP contribution >= 0.6 is 24.0 Å². The van der Waals surface area contributed by atoms with E-state index in [0.717, 1.165) is 5.75 Å². The van der Waals surface area contributed by atoms with Gasteiger partial charge in [0.2, 0.25) is 4.38 Å². The smallest absolute Gasteiger partial charge is 0.217 e. The summed E-state index contributed by atoms with van der Waals surface area (Å²) in [7, 11) is 0. The molecular formula is C3H6KOS2. The zero-order valence-electron chi connectivity index (χ0n) is 4.47. The Hall–Kier alpha value is 1.88. The van der Waals surface area contributed by atoms with E-state index in [0.29, 0.717) is 0 Å². The van der Waals surface area contributed by atoms with Gasteiger partial charge in [0, 0.05) is 51.4 Å². The number of hydrogen-bond acceptors (Lipinski definition) is 2. The third kappa shape index (κ3) is 11.4. The molecule has 0 bridgehead atoms. The molecule has 0 aliphatic heterocycles. The van der Waals surface area contributed by atoms with Gasteiger partial charge in [-0.05, 0) is 18.0 Å². The largest absolute Gasteiger partial charge is 0.494 e. The topological polar surface area (TPSA) is 20.2 Å². The minimum absolute atomic E-state index is 0. The molecule has 1 nitrogen and oxygen atoms in total. The normalized spacial score (nSPS) is 7.00.